The van der Waals surface area contributed by atoms with Crippen molar-refractivity contribution in [1.29, 1.82) is 0 Å². The smallest absolute Gasteiger partial charge is 0.341 e. The molecule has 0 atom stereocenters. The third kappa shape index (κ3) is 4.62. The quantitative estimate of drug-likeness (QED) is 0.850. The lowest BCUT2D eigenvalue weighted by atomic mass is 10.2. The number of nitrogens with one attached hydrogen (secondary N) is 1. The number of aliphatic carboxylic acids is 1. The molecule has 2 N–H and O–H groups in total. The SMILES string of the molecule is O=C(O)COc1cccc(NC(=O)N2CCN(c3ccncc3)CC2)c1. The Morgan fingerprint density at radius 1 is 1.12 bits per heavy atom. The van der Waals surface area contributed by atoms with Crippen LogP contribution in [0.25, 0.3) is 0 Å². The minimum Gasteiger partial charge on any atom is -0.482 e. The van der Waals surface area contributed by atoms with Gasteiger partial charge in [0.15, 0.2) is 6.61 Å². The number of amides is 2. The standard InChI is InChI=1S/C18H20N4O4/c23-17(24)13-26-16-3-1-2-14(12-16)20-18(25)22-10-8-21(9-11-22)15-4-6-19-7-5-15/h1-7,12H,8-11,13H2,(H,20,25)(H,23,24). The molecule has 0 saturated carbocycles. The number of hydrogen-bond donors (Lipinski definition) is 2. The van der Waals surface area contributed by atoms with Gasteiger partial charge in [-0.1, -0.05) is 6.07 Å². The van der Waals surface area contributed by atoms with Gasteiger partial charge in [-0.25, -0.2) is 9.59 Å². The van der Waals surface area contributed by atoms with Gasteiger partial charge < -0.3 is 25.0 Å². The molecule has 1 fully saturated rings. The van der Waals surface area contributed by atoms with E-state index in [1.807, 2.05) is 12.1 Å². The maximum Gasteiger partial charge on any atom is 0.341 e. The number of carboxylic acid groups (broad SMARTS) is 1. The summed E-state index contributed by atoms with van der Waals surface area (Å²) in [5, 5.41) is 11.5. The molecule has 3 rings (SSSR count). The van der Waals surface area contributed by atoms with Crippen molar-refractivity contribution in [2.24, 2.45) is 0 Å². The van der Waals surface area contributed by atoms with Gasteiger partial charge in [0, 0.05) is 56.0 Å². The van der Waals surface area contributed by atoms with Gasteiger partial charge in [-0.05, 0) is 24.3 Å². The van der Waals surface area contributed by atoms with E-state index in [4.69, 9.17) is 9.84 Å². The third-order valence-corrected chi connectivity index (χ3v) is 4.04. The maximum atomic E-state index is 12.4. The summed E-state index contributed by atoms with van der Waals surface area (Å²) in [5.74, 6) is -0.654. The van der Waals surface area contributed by atoms with Crippen molar-refractivity contribution in [3.63, 3.8) is 0 Å². The van der Waals surface area contributed by atoms with E-state index in [2.05, 4.69) is 15.2 Å². The number of pyridine rings is 1. The number of carbonyl (C=O) groups is 2. The Hall–Kier alpha value is -3.29. The van der Waals surface area contributed by atoms with E-state index >= 15 is 0 Å². The van der Waals surface area contributed by atoms with Crippen LogP contribution in [0.15, 0.2) is 48.8 Å². The minimum atomic E-state index is -1.05. The minimum absolute atomic E-state index is 0.185. The summed E-state index contributed by atoms with van der Waals surface area (Å²) in [6.07, 6.45) is 3.52. The lowest BCUT2D eigenvalue weighted by Crippen LogP contribution is -2.50. The number of ether oxygens (including phenoxy) is 1. The number of urea groups is 1. The van der Waals surface area contributed by atoms with Gasteiger partial charge in [-0.3, -0.25) is 4.98 Å². The summed E-state index contributed by atoms with van der Waals surface area (Å²) in [6.45, 7) is 2.31. The van der Waals surface area contributed by atoms with Crippen LogP contribution in [0.1, 0.15) is 0 Å². The van der Waals surface area contributed by atoms with Gasteiger partial charge in [0.1, 0.15) is 5.75 Å². The highest BCUT2D eigenvalue weighted by molar-refractivity contribution is 5.89. The molecular formula is C18H20N4O4. The Labute approximate surface area is 151 Å². The molecular weight excluding hydrogens is 336 g/mol. The zero-order chi connectivity index (χ0) is 18.4. The van der Waals surface area contributed by atoms with Crippen LogP contribution in [0.2, 0.25) is 0 Å². The molecule has 2 heterocycles. The molecule has 0 bridgehead atoms. The van der Waals surface area contributed by atoms with Crippen molar-refractivity contribution in [3.05, 3.63) is 48.8 Å². The summed E-state index contributed by atoms with van der Waals surface area (Å²) >= 11 is 0. The first-order valence-corrected chi connectivity index (χ1v) is 8.27. The summed E-state index contributed by atoms with van der Waals surface area (Å²) in [4.78, 5) is 31.0. The summed E-state index contributed by atoms with van der Waals surface area (Å²) in [7, 11) is 0. The topological polar surface area (TPSA) is 95.0 Å². The summed E-state index contributed by atoms with van der Waals surface area (Å²) < 4.78 is 5.12. The molecule has 1 aromatic heterocycles. The number of benzene rings is 1. The van der Waals surface area contributed by atoms with Crippen LogP contribution in [0.5, 0.6) is 5.75 Å². The fourth-order valence-corrected chi connectivity index (χ4v) is 2.73. The van der Waals surface area contributed by atoms with E-state index in [9.17, 15) is 9.59 Å². The van der Waals surface area contributed by atoms with Gasteiger partial charge in [-0.15, -0.1) is 0 Å². The second kappa shape index (κ2) is 8.19. The highest BCUT2D eigenvalue weighted by Crippen LogP contribution is 2.19. The fourth-order valence-electron chi connectivity index (χ4n) is 2.73. The van der Waals surface area contributed by atoms with Crippen LogP contribution < -0.4 is 15.0 Å². The van der Waals surface area contributed by atoms with Crippen molar-refractivity contribution in [1.82, 2.24) is 9.88 Å². The van der Waals surface area contributed by atoms with Crippen LogP contribution in [-0.4, -0.2) is 59.8 Å². The second-order valence-electron chi connectivity index (χ2n) is 5.82. The predicted molar refractivity (Wildman–Crippen MR) is 96.6 cm³/mol. The number of aromatic nitrogens is 1. The number of anilines is 2. The molecule has 2 aromatic rings. The Morgan fingerprint density at radius 2 is 1.85 bits per heavy atom. The Balaban J connectivity index is 1.53. The van der Waals surface area contributed by atoms with Gasteiger partial charge in [0.25, 0.3) is 0 Å². The highest BCUT2D eigenvalue weighted by Gasteiger charge is 2.21. The van der Waals surface area contributed by atoms with Gasteiger partial charge in [-0.2, -0.15) is 0 Å². The number of piperazine rings is 1. The molecule has 1 saturated heterocycles. The maximum absolute atomic E-state index is 12.4. The lowest BCUT2D eigenvalue weighted by Gasteiger charge is -2.36. The van der Waals surface area contributed by atoms with E-state index in [0.29, 0.717) is 24.5 Å². The van der Waals surface area contributed by atoms with Crippen molar-refractivity contribution in [2.45, 2.75) is 0 Å². The summed E-state index contributed by atoms with van der Waals surface area (Å²) in [6, 6.07) is 10.4. The molecule has 1 aliphatic heterocycles. The normalized spacial score (nSPS) is 14.0. The molecule has 2 amide bonds. The fraction of sp³-hybridized carbons (Fsp3) is 0.278. The average molecular weight is 356 g/mol. The van der Waals surface area contributed by atoms with Crippen molar-refractivity contribution in [2.75, 3.05) is 43.0 Å². The first-order valence-electron chi connectivity index (χ1n) is 8.27. The molecule has 0 radical (unpaired) electrons. The Bertz CT molecular complexity index is 761. The Kier molecular flexibility index (Phi) is 5.52. The molecule has 8 heteroatoms. The number of nitrogens with zero attached hydrogens (tertiary/aromatic N) is 3. The Morgan fingerprint density at radius 3 is 2.54 bits per heavy atom. The van der Waals surface area contributed by atoms with Crippen molar-refractivity contribution < 1.29 is 19.4 Å². The molecule has 136 valence electrons. The van der Waals surface area contributed by atoms with E-state index in [-0.39, 0.29) is 6.03 Å². The van der Waals surface area contributed by atoms with Crippen LogP contribution in [0.4, 0.5) is 16.2 Å². The van der Waals surface area contributed by atoms with Crippen LogP contribution in [0.3, 0.4) is 0 Å². The first-order chi connectivity index (χ1) is 12.6. The van der Waals surface area contributed by atoms with Crippen LogP contribution in [0, 0.1) is 0 Å². The van der Waals surface area contributed by atoms with Crippen LogP contribution in [-0.2, 0) is 4.79 Å². The molecule has 1 aromatic carbocycles. The molecule has 1 aliphatic rings. The van der Waals surface area contributed by atoms with Gasteiger partial charge >= 0.3 is 12.0 Å². The molecule has 8 nitrogen and oxygen atoms in total. The number of carboxylic acids is 1. The van der Waals surface area contributed by atoms with Gasteiger partial charge in [0.05, 0.1) is 0 Å². The highest BCUT2D eigenvalue weighted by atomic mass is 16.5. The monoisotopic (exact) mass is 356 g/mol. The van der Waals surface area contributed by atoms with E-state index < -0.39 is 12.6 Å². The number of rotatable bonds is 5. The van der Waals surface area contributed by atoms with E-state index in [1.165, 1.54) is 0 Å². The summed E-state index contributed by atoms with van der Waals surface area (Å²) in [5.41, 5.74) is 1.66. The second-order valence-corrected chi connectivity index (χ2v) is 5.82. The molecule has 26 heavy (non-hydrogen) atoms. The van der Waals surface area contributed by atoms with Crippen molar-refractivity contribution in [3.8, 4) is 5.75 Å². The van der Waals surface area contributed by atoms with E-state index in [0.717, 1.165) is 18.8 Å². The van der Waals surface area contributed by atoms with Gasteiger partial charge in [0.2, 0.25) is 0 Å². The predicted octanol–water partition coefficient (Wildman–Crippen LogP) is 1.90. The molecule has 0 aliphatic carbocycles. The first kappa shape index (κ1) is 17.5. The lowest BCUT2D eigenvalue weighted by molar-refractivity contribution is -0.139. The number of hydrogen-bond acceptors (Lipinski definition) is 5. The van der Waals surface area contributed by atoms with Crippen LogP contribution >= 0.6 is 0 Å². The number of carbonyl (C=O) groups excluding carboxylic acids is 1. The zero-order valence-electron chi connectivity index (χ0n) is 14.2. The molecule has 0 spiro atoms. The largest absolute Gasteiger partial charge is 0.482 e. The zero-order valence-corrected chi connectivity index (χ0v) is 14.2. The third-order valence-electron chi connectivity index (χ3n) is 4.04. The molecule has 0 unspecified atom stereocenters. The van der Waals surface area contributed by atoms with Crippen molar-refractivity contribution >= 4 is 23.4 Å². The van der Waals surface area contributed by atoms with E-state index in [1.54, 1.807) is 41.6 Å². The average Bonchev–Trinajstić information content (AvgIpc) is 2.67.